The lowest BCUT2D eigenvalue weighted by Gasteiger charge is -2.13. The topological polar surface area (TPSA) is 92.2 Å². The Bertz CT molecular complexity index is 841. The van der Waals surface area contributed by atoms with Crippen molar-refractivity contribution >= 4 is 17.6 Å². The van der Waals surface area contributed by atoms with Crippen LogP contribution in [0.2, 0.25) is 0 Å². The predicted molar refractivity (Wildman–Crippen MR) is 101 cm³/mol. The Kier molecular flexibility index (Phi) is 6.54. The normalized spacial score (nSPS) is 10.3. The molecule has 2 aromatic rings. The van der Waals surface area contributed by atoms with Crippen LogP contribution in [0, 0.1) is 6.92 Å². The molecule has 1 aromatic carbocycles. The SMILES string of the molecule is CCc1ccc(CNC(=O)Cn2c(C)ccc(NC(=O)NC)c2=O)cc1. The summed E-state index contributed by atoms with van der Waals surface area (Å²) in [5.74, 6) is -0.271. The Hall–Kier alpha value is -3.09. The molecule has 1 aromatic heterocycles. The molecule has 0 aliphatic rings. The number of rotatable bonds is 6. The Labute approximate surface area is 152 Å². The van der Waals surface area contributed by atoms with E-state index < -0.39 is 11.6 Å². The molecule has 3 N–H and O–H groups in total. The lowest BCUT2D eigenvalue weighted by Crippen LogP contribution is -2.35. The maximum Gasteiger partial charge on any atom is 0.319 e. The minimum absolute atomic E-state index is 0.110. The zero-order valence-electron chi connectivity index (χ0n) is 15.3. The van der Waals surface area contributed by atoms with E-state index in [-0.39, 0.29) is 18.1 Å². The number of nitrogens with one attached hydrogen (secondary N) is 3. The van der Waals surface area contributed by atoms with E-state index in [4.69, 9.17) is 0 Å². The Morgan fingerprint density at radius 3 is 2.31 bits per heavy atom. The first kappa shape index (κ1) is 19.2. The summed E-state index contributed by atoms with van der Waals surface area (Å²) in [6, 6.07) is 10.7. The number of amides is 3. The number of anilines is 1. The summed E-state index contributed by atoms with van der Waals surface area (Å²) < 4.78 is 1.33. The Morgan fingerprint density at radius 2 is 1.69 bits per heavy atom. The molecule has 0 unspecified atom stereocenters. The van der Waals surface area contributed by atoms with Gasteiger partial charge in [-0.05, 0) is 36.6 Å². The fourth-order valence-corrected chi connectivity index (χ4v) is 2.44. The molecule has 0 fully saturated rings. The van der Waals surface area contributed by atoms with E-state index in [1.54, 1.807) is 13.0 Å². The number of benzene rings is 1. The summed E-state index contributed by atoms with van der Waals surface area (Å²) in [5.41, 5.74) is 2.58. The fraction of sp³-hybridized carbons (Fsp3) is 0.316. The fourth-order valence-electron chi connectivity index (χ4n) is 2.44. The average molecular weight is 356 g/mol. The predicted octanol–water partition coefficient (Wildman–Crippen LogP) is 1.79. The number of aryl methyl sites for hydroxylation is 2. The molecular formula is C19H24N4O3. The van der Waals surface area contributed by atoms with Crippen LogP contribution in [0.3, 0.4) is 0 Å². The monoisotopic (exact) mass is 356 g/mol. The molecular weight excluding hydrogens is 332 g/mol. The summed E-state index contributed by atoms with van der Waals surface area (Å²) in [6.45, 7) is 4.11. The summed E-state index contributed by atoms with van der Waals surface area (Å²) >= 11 is 0. The third kappa shape index (κ3) is 4.95. The van der Waals surface area contributed by atoms with Crippen LogP contribution in [0.15, 0.2) is 41.2 Å². The van der Waals surface area contributed by atoms with Crippen LogP contribution < -0.4 is 21.5 Å². The molecule has 0 saturated carbocycles. The highest BCUT2D eigenvalue weighted by Crippen LogP contribution is 2.06. The molecule has 0 radical (unpaired) electrons. The molecule has 0 spiro atoms. The van der Waals surface area contributed by atoms with E-state index in [1.165, 1.54) is 23.2 Å². The quantitative estimate of drug-likeness (QED) is 0.737. The second-order valence-electron chi connectivity index (χ2n) is 5.93. The van der Waals surface area contributed by atoms with Gasteiger partial charge in [-0.25, -0.2) is 4.79 Å². The van der Waals surface area contributed by atoms with Crippen molar-refractivity contribution in [3.63, 3.8) is 0 Å². The van der Waals surface area contributed by atoms with Crippen LogP contribution in [0.25, 0.3) is 0 Å². The number of hydrogen-bond acceptors (Lipinski definition) is 3. The molecule has 0 aliphatic carbocycles. The molecule has 138 valence electrons. The van der Waals surface area contributed by atoms with E-state index in [9.17, 15) is 14.4 Å². The van der Waals surface area contributed by atoms with Gasteiger partial charge in [0.05, 0.1) is 0 Å². The van der Waals surface area contributed by atoms with Crippen LogP contribution >= 0.6 is 0 Å². The zero-order valence-corrected chi connectivity index (χ0v) is 15.3. The Morgan fingerprint density at radius 1 is 1.04 bits per heavy atom. The molecule has 2 rings (SSSR count). The maximum absolute atomic E-state index is 12.5. The summed E-state index contributed by atoms with van der Waals surface area (Å²) in [5, 5.41) is 7.65. The molecule has 26 heavy (non-hydrogen) atoms. The van der Waals surface area contributed by atoms with E-state index in [1.807, 2.05) is 24.3 Å². The lowest BCUT2D eigenvalue weighted by molar-refractivity contribution is -0.121. The van der Waals surface area contributed by atoms with Crippen LogP contribution in [0.1, 0.15) is 23.7 Å². The van der Waals surface area contributed by atoms with E-state index in [2.05, 4.69) is 22.9 Å². The first-order valence-electron chi connectivity index (χ1n) is 8.48. The summed E-state index contributed by atoms with van der Waals surface area (Å²) in [4.78, 5) is 36.1. The summed E-state index contributed by atoms with van der Waals surface area (Å²) in [7, 11) is 1.46. The highest BCUT2D eigenvalue weighted by Gasteiger charge is 2.11. The van der Waals surface area contributed by atoms with Crippen molar-refractivity contribution in [2.24, 2.45) is 0 Å². The zero-order chi connectivity index (χ0) is 19.1. The first-order valence-corrected chi connectivity index (χ1v) is 8.48. The molecule has 7 heteroatoms. The average Bonchev–Trinajstić information content (AvgIpc) is 2.66. The van der Waals surface area contributed by atoms with Gasteiger partial charge in [0, 0.05) is 19.3 Å². The largest absolute Gasteiger partial charge is 0.350 e. The van der Waals surface area contributed by atoms with Gasteiger partial charge in [0.25, 0.3) is 5.56 Å². The number of carbonyl (C=O) groups excluding carboxylic acids is 2. The van der Waals surface area contributed by atoms with Gasteiger partial charge in [0.15, 0.2) is 0 Å². The van der Waals surface area contributed by atoms with Crippen molar-refractivity contribution in [2.75, 3.05) is 12.4 Å². The third-order valence-corrected chi connectivity index (χ3v) is 4.09. The number of hydrogen-bond donors (Lipinski definition) is 3. The second-order valence-corrected chi connectivity index (χ2v) is 5.93. The standard InChI is InChI=1S/C19H24N4O3/c1-4-14-6-8-15(9-7-14)11-21-17(24)12-23-13(2)5-10-16(18(23)25)22-19(26)20-3/h5-10H,4,11-12H2,1-3H3,(H,21,24)(H2,20,22,26). The summed E-state index contributed by atoms with van der Waals surface area (Å²) in [6.07, 6.45) is 0.968. The molecule has 0 saturated heterocycles. The molecule has 1 heterocycles. The number of carbonyl (C=O) groups is 2. The van der Waals surface area contributed by atoms with Gasteiger partial charge in [0.2, 0.25) is 5.91 Å². The van der Waals surface area contributed by atoms with Gasteiger partial charge in [-0.15, -0.1) is 0 Å². The Balaban J connectivity index is 2.04. The van der Waals surface area contributed by atoms with Gasteiger partial charge in [-0.3, -0.25) is 9.59 Å². The number of aromatic nitrogens is 1. The lowest BCUT2D eigenvalue weighted by atomic mass is 10.1. The van der Waals surface area contributed by atoms with Crippen molar-refractivity contribution < 1.29 is 9.59 Å². The third-order valence-electron chi connectivity index (χ3n) is 4.09. The van der Waals surface area contributed by atoms with Crippen LogP contribution in [-0.2, 0) is 24.3 Å². The maximum atomic E-state index is 12.5. The minimum Gasteiger partial charge on any atom is -0.350 e. The van der Waals surface area contributed by atoms with Crippen molar-refractivity contribution in [3.8, 4) is 0 Å². The second kappa shape index (κ2) is 8.84. The highest BCUT2D eigenvalue weighted by molar-refractivity contribution is 5.88. The molecule has 0 atom stereocenters. The van der Waals surface area contributed by atoms with E-state index in [0.717, 1.165) is 12.0 Å². The van der Waals surface area contributed by atoms with E-state index in [0.29, 0.717) is 12.2 Å². The van der Waals surface area contributed by atoms with Crippen molar-refractivity contribution in [2.45, 2.75) is 33.4 Å². The van der Waals surface area contributed by atoms with Crippen molar-refractivity contribution in [1.82, 2.24) is 15.2 Å². The van der Waals surface area contributed by atoms with E-state index >= 15 is 0 Å². The van der Waals surface area contributed by atoms with Gasteiger partial charge in [0.1, 0.15) is 12.2 Å². The van der Waals surface area contributed by atoms with Crippen LogP contribution in [-0.4, -0.2) is 23.6 Å². The number of nitrogens with zero attached hydrogens (tertiary/aromatic N) is 1. The van der Waals surface area contributed by atoms with Crippen molar-refractivity contribution in [3.05, 3.63) is 63.6 Å². The van der Waals surface area contributed by atoms with Crippen LogP contribution in [0.5, 0.6) is 0 Å². The van der Waals surface area contributed by atoms with Gasteiger partial charge >= 0.3 is 6.03 Å². The highest BCUT2D eigenvalue weighted by atomic mass is 16.2. The minimum atomic E-state index is -0.488. The van der Waals surface area contributed by atoms with Crippen LogP contribution in [0.4, 0.5) is 10.5 Å². The molecule has 7 nitrogen and oxygen atoms in total. The van der Waals surface area contributed by atoms with Gasteiger partial charge in [-0.1, -0.05) is 31.2 Å². The molecule has 0 aliphatic heterocycles. The number of pyridine rings is 1. The molecule has 0 bridgehead atoms. The van der Waals surface area contributed by atoms with Crippen molar-refractivity contribution in [1.29, 1.82) is 0 Å². The van der Waals surface area contributed by atoms with Gasteiger partial charge in [-0.2, -0.15) is 0 Å². The molecule has 3 amide bonds. The first-order chi connectivity index (χ1) is 12.4. The van der Waals surface area contributed by atoms with Gasteiger partial charge < -0.3 is 20.5 Å². The smallest absolute Gasteiger partial charge is 0.319 e. The number of urea groups is 1.